The summed E-state index contributed by atoms with van der Waals surface area (Å²) >= 11 is 1.29. The maximum atomic E-state index is 13.0. The van der Waals surface area contributed by atoms with E-state index in [1.807, 2.05) is 25.1 Å². The van der Waals surface area contributed by atoms with E-state index >= 15 is 0 Å². The van der Waals surface area contributed by atoms with Gasteiger partial charge in [-0.25, -0.2) is 8.42 Å². The maximum Gasteiger partial charge on any atom is 0.252 e. The monoisotopic (exact) mass is 418 g/mol. The molecule has 0 radical (unpaired) electrons. The zero-order chi connectivity index (χ0) is 19.7. The second-order valence-electron chi connectivity index (χ2n) is 7.72. The van der Waals surface area contributed by atoms with Gasteiger partial charge in [-0.2, -0.15) is 4.31 Å². The van der Waals surface area contributed by atoms with E-state index in [4.69, 9.17) is 0 Å². The minimum atomic E-state index is -3.52. The van der Waals surface area contributed by atoms with Gasteiger partial charge in [0, 0.05) is 18.0 Å². The van der Waals surface area contributed by atoms with E-state index in [0.717, 1.165) is 30.6 Å². The summed E-state index contributed by atoms with van der Waals surface area (Å²) in [5, 5.41) is 3.20. The van der Waals surface area contributed by atoms with Crippen molar-refractivity contribution in [1.29, 1.82) is 0 Å². The Balaban J connectivity index is 1.46. The summed E-state index contributed by atoms with van der Waals surface area (Å²) in [6, 6.07) is 11.8. The third-order valence-electron chi connectivity index (χ3n) is 5.75. The van der Waals surface area contributed by atoms with Crippen LogP contribution in [0.5, 0.6) is 0 Å². The second-order valence-corrected chi connectivity index (χ2v) is 11.2. The molecule has 1 aromatic heterocycles. The Labute approximate surface area is 170 Å². The van der Waals surface area contributed by atoms with Crippen LogP contribution in [0, 0.1) is 12.8 Å². The Kier molecular flexibility index (Phi) is 5.58. The van der Waals surface area contributed by atoms with E-state index < -0.39 is 10.0 Å². The van der Waals surface area contributed by atoms with E-state index in [1.165, 1.54) is 26.8 Å². The Morgan fingerprint density at radius 2 is 1.96 bits per heavy atom. The summed E-state index contributed by atoms with van der Waals surface area (Å²) in [6.45, 7) is 2.65. The first-order valence-electron chi connectivity index (χ1n) is 9.90. The summed E-state index contributed by atoms with van der Waals surface area (Å²) in [6.07, 6.45) is 4.49. The fourth-order valence-corrected chi connectivity index (χ4v) is 7.21. The summed E-state index contributed by atoms with van der Waals surface area (Å²) in [7, 11) is -3.52. The predicted octanol–water partition coefficient (Wildman–Crippen LogP) is 3.65. The van der Waals surface area contributed by atoms with Crippen LogP contribution in [0.1, 0.15) is 47.7 Å². The maximum absolute atomic E-state index is 13.0. The van der Waals surface area contributed by atoms with Crippen LogP contribution in [0.25, 0.3) is 0 Å². The lowest BCUT2D eigenvalue weighted by molar-refractivity contribution is -0.127. The molecule has 7 heteroatoms. The molecule has 1 aromatic carbocycles. The molecule has 1 saturated heterocycles. The van der Waals surface area contributed by atoms with Gasteiger partial charge in [0.2, 0.25) is 5.91 Å². The van der Waals surface area contributed by atoms with Gasteiger partial charge >= 0.3 is 0 Å². The van der Waals surface area contributed by atoms with Crippen LogP contribution in [0.4, 0.5) is 0 Å². The van der Waals surface area contributed by atoms with Crippen LogP contribution in [-0.2, 0) is 21.2 Å². The number of rotatable bonds is 4. The normalized spacial score (nSPS) is 23.2. The minimum Gasteiger partial charge on any atom is -0.349 e. The van der Waals surface area contributed by atoms with Crippen LogP contribution in [0.2, 0.25) is 0 Å². The molecule has 2 unspecified atom stereocenters. The topological polar surface area (TPSA) is 66.5 Å². The van der Waals surface area contributed by atoms with Gasteiger partial charge in [-0.15, -0.1) is 11.3 Å². The standard InChI is InChI=1S/C21H26N2O3S2/c1-15-11-12-20(27-15)28(25,26)23-13-5-8-17(14-23)21(24)22-19-10-4-7-16-6-2-3-9-18(16)19/h2-3,6,9,11-12,17,19H,4-5,7-8,10,13-14H2,1H3,(H,22,24). The third-order valence-corrected chi connectivity index (χ3v) is 9.08. The first-order chi connectivity index (χ1) is 13.4. The Bertz CT molecular complexity index is 968. The molecule has 4 rings (SSSR count). The molecule has 1 fully saturated rings. The first-order valence-corrected chi connectivity index (χ1v) is 12.2. The average Bonchev–Trinajstić information content (AvgIpc) is 3.15. The zero-order valence-corrected chi connectivity index (χ0v) is 17.7. The average molecular weight is 419 g/mol. The molecule has 2 heterocycles. The number of aryl methyl sites for hydroxylation is 2. The molecule has 0 spiro atoms. The zero-order valence-electron chi connectivity index (χ0n) is 16.1. The number of carbonyl (C=O) groups excluding carboxylic acids is 1. The molecule has 1 N–H and O–H groups in total. The molecular formula is C21H26N2O3S2. The van der Waals surface area contributed by atoms with Crippen molar-refractivity contribution >= 4 is 27.3 Å². The lowest BCUT2D eigenvalue weighted by atomic mass is 9.87. The van der Waals surface area contributed by atoms with E-state index in [-0.39, 0.29) is 24.4 Å². The number of nitrogens with zero attached hydrogens (tertiary/aromatic N) is 1. The fraction of sp³-hybridized carbons (Fsp3) is 0.476. The van der Waals surface area contributed by atoms with Crippen molar-refractivity contribution in [3.8, 4) is 0 Å². The minimum absolute atomic E-state index is 0.0241. The van der Waals surface area contributed by atoms with Gasteiger partial charge in [0.15, 0.2) is 0 Å². The molecule has 150 valence electrons. The number of nitrogens with one attached hydrogen (secondary N) is 1. The van der Waals surface area contributed by atoms with Crippen molar-refractivity contribution in [3.05, 3.63) is 52.4 Å². The third kappa shape index (κ3) is 3.88. The molecule has 1 aliphatic carbocycles. The lowest BCUT2D eigenvalue weighted by Gasteiger charge is -2.33. The van der Waals surface area contributed by atoms with Crippen LogP contribution in [-0.4, -0.2) is 31.7 Å². The number of piperidine rings is 1. The molecular weight excluding hydrogens is 392 g/mol. The van der Waals surface area contributed by atoms with Crippen LogP contribution >= 0.6 is 11.3 Å². The summed E-state index contributed by atoms with van der Waals surface area (Å²) in [5.74, 6) is -0.317. The predicted molar refractivity (Wildman–Crippen MR) is 111 cm³/mol. The number of hydrogen-bond donors (Lipinski definition) is 1. The van der Waals surface area contributed by atoms with Crippen LogP contribution in [0.15, 0.2) is 40.6 Å². The van der Waals surface area contributed by atoms with Crippen LogP contribution in [0.3, 0.4) is 0 Å². The SMILES string of the molecule is Cc1ccc(S(=O)(=O)N2CCCC(C(=O)NC3CCCc4ccccc43)C2)s1. The van der Waals surface area contributed by atoms with Crippen molar-refractivity contribution in [3.63, 3.8) is 0 Å². The number of hydrogen-bond acceptors (Lipinski definition) is 4. The molecule has 2 aromatic rings. The largest absolute Gasteiger partial charge is 0.349 e. The smallest absolute Gasteiger partial charge is 0.252 e. The van der Waals surface area contributed by atoms with Gasteiger partial charge in [0.05, 0.1) is 12.0 Å². The molecule has 28 heavy (non-hydrogen) atoms. The van der Waals surface area contributed by atoms with E-state index in [1.54, 1.807) is 6.07 Å². The van der Waals surface area contributed by atoms with Crippen molar-refractivity contribution in [2.75, 3.05) is 13.1 Å². The fourth-order valence-electron chi connectivity index (χ4n) is 4.25. The highest BCUT2D eigenvalue weighted by Crippen LogP contribution is 2.31. The molecule has 1 aliphatic heterocycles. The number of amides is 1. The molecule has 2 atom stereocenters. The van der Waals surface area contributed by atoms with E-state index in [2.05, 4.69) is 17.4 Å². The van der Waals surface area contributed by atoms with Crippen molar-refractivity contribution in [1.82, 2.24) is 9.62 Å². The Hall–Kier alpha value is -1.70. The number of carbonyl (C=O) groups is 1. The first kappa shape index (κ1) is 19.6. The lowest BCUT2D eigenvalue weighted by Crippen LogP contribution is -2.46. The van der Waals surface area contributed by atoms with Gasteiger partial charge in [0.1, 0.15) is 4.21 Å². The number of thiophene rings is 1. The number of fused-ring (bicyclic) bond motifs is 1. The highest BCUT2D eigenvalue weighted by atomic mass is 32.2. The van der Waals surface area contributed by atoms with Gasteiger partial charge < -0.3 is 5.32 Å². The molecule has 5 nitrogen and oxygen atoms in total. The molecule has 1 amide bonds. The van der Waals surface area contributed by atoms with Gasteiger partial charge in [-0.1, -0.05) is 24.3 Å². The van der Waals surface area contributed by atoms with Crippen molar-refractivity contribution in [2.24, 2.45) is 5.92 Å². The Morgan fingerprint density at radius 1 is 1.14 bits per heavy atom. The second kappa shape index (κ2) is 7.97. The molecule has 0 bridgehead atoms. The van der Waals surface area contributed by atoms with E-state index in [9.17, 15) is 13.2 Å². The van der Waals surface area contributed by atoms with Gasteiger partial charge in [-0.05, 0) is 62.3 Å². The summed E-state index contributed by atoms with van der Waals surface area (Å²) < 4.78 is 27.7. The van der Waals surface area contributed by atoms with Gasteiger partial charge in [0.25, 0.3) is 10.0 Å². The highest BCUT2D eigenvalue weighted by molar-refractivity contribution is 7.91. The van der Waals surface area contributed by atoms with Crippen molar-refractivity contribution in [2.45, 2.75) is 49.3 Å². The van der Waals surface area contributed by atoms with Gasteiger partial charge in [-0.3, -0.25) is 4.79 Å². The van der Waals surface area contributed by atoms with Crippen molar-refractivity contribution < 1.29 is 13.2 Å². The van der Waals surface area contributed by atoms with E-state index in [0.29, 0.717) is 17.2 Å². The molecule has 0 saturated carbocycles. The Morgan fingerprint density at radius 3 is 2.75 bits per heavy atom. The summed E-state index contributed by atoms with van der Waals surface area (Å²) in [4.78, 5) is 13.9. The summed E-state index contributed by atoms with van der Waals surface area (Å²) in [5.41, 5.74) is 2.51. The van der Waals surface area contributed by atoms with Crippen LogP contribution < -0.4 is 5.32 Å². The highest BCUT2D eigenvalue weighted by Gasteiger charge is 2.35. The number of benzene rings is 1. The quantitative estimate of drug-likeness (QED) is 0.824. The number of sulfonamides is 1. The molecule has 2 aliphatic rings.